The maximum atomic E-state index is 12.9. The Labute approximate surface area is 178 Å². The summed E-state index contributed by atoms with van der Waals surface area (Å²) in [5.41, 5.74) is 8.08. The first kappa shape index (κ1) is 20.1. The van der Waals surface area contributed by atoms with E-state index in [1.807, 2.05) is 12.1 Å². The first-order valence-electron chi connectivity index (χ1n) is 10.4. The maximum absolute atomic E-state index is 12.9. The number of hydrogen-bond acceptors (Lipinski definition) is 5. The van der Waals surface area contributed by atoms with E-state index in [-0.39, 0.29) is 11.7 Å². The van der Waals surface area contributed by atoms with Gasteiger partial charge in [0.25, 0.3) is 0 Å². The number of aryl methyl sites for hydroxylation is 4. The fraction of sp³-hybridized carbons (Fsp3) is 0.320. The fourth-order valence-corrected chi connectivity index (χ4v) is 3.94. The lowest BCUT2D eigenvalue weighted by atomic mass is 9.87. The number of fused-ring (bicyclic) bond motifs is 1. The molecule has 154 valence electrons. The lowest BCUT2D eigenvalue weighted by Crippen LogP contribution is -2.22. The van der Waals surface area contributed by atoms with Crippen LogP contribution in [-0.4, -0.2) is 15.8 Å². The lowest BCUT2D eigenvalue weighted by Gasteiger charge is -2.23. The minimum atomic E-state index is 0.105. The Morgan fingerprint density at radius 3 is 2.40 bits per heavy atom. The average Bonchev–Trinajstić information content (AvgIpc) is 2.66. The van der Waals surface area contributed by atoms with Gasteiger partial charge in [-0.3, -0.25) is 4.79 Å². The Morgan fingerprint density at radius 1 is 0.867 bits per heavy atom. The third-order valence-electron chi connectivity index (χ3n) is 5.74. The highest BCUT2D eigenvalue weighted by atomic mass is 16.1. The summed E-state index contributed by atoms with van der Waals surface area (Å²) in [5, 5.41) is 6.74. The zero-order valence-corrected chi connectivity index (χ0v) is 18.3. The van der Waals surface area contributed by atoms with E-state index in [0.717, 1.165) is 29.1 Å². The number of carbonyl (C=O) groups is 1. The van der Waals surface area contributed by atoms with Gasteiger partial charge in [-0.1, -0.05) is 30.7 Å². The summed E-state index contributed by atoms with van der Waals surface area (Å²) in [6.07, 6.45) is 1.30. The van der Waals surface area contributed by atoms with Crippen LogP contribution in [0.25, 0.3) is 0 Å². The molecule has 5 nitrogen and oxygen atoms in total. The van der Waals surface area contributed by atoms with Crippen molar-refractivity contribution in [2.75, 3.05) is 10.6 Å². The van der Waals surface area contributed by atoms with E-state index in [1.165, 1.54) is 16.7 Å². The minimum absolute atomic E-state index is 0.105. The van der Waals surface area contributed by atoms with Crippen molar-refractivity contribution in [3.63, 3.8) is 0 Å². The molecule has 0 saturated heterocycles. The van der Waals surface area contributed by atoms with Gasteiger partial charge < -0.3 is 10.6 Å². The highest BCUT2D eigenvalue weighted by Crippen LogP contribution is 2.32. The number of nitrogens with one attached hydrogen (secondary N) is 2. The van der Waals surface area contributed by atoms with Crippen LogP contribution in [0.5, 0.6) is 0 Å². The van der Waals surface area contributed by atoms with Crippen LogP contribution < -0.4 is 10.6 Å². The Kier molecular flexibility index (Phi) is 5.29. The maximum Gasteiger partial charge on any atom is 0.229 e. The molecule has 0 amide bonds. The molecule has 1 aliphatic rings. The predicted octanol–water partition coefficient (Wildman–Crippen LogP) is 5.96. The molecule has 2 N–H and O–H groups in total. The molecule has 0 saturated carbocycles. The number of rotatable bonds is 4. The quantitative estimate of drug-likeness (QED) is 0.565. The van der Waals surface area contributed by atoms with Crippen LogP contribution in [0.4, 0.5) is 23.1 Å². The number of nitrogens with zero attached hydrogens (tertiary/aromatic N) is 2. The third-order valence-corrected chi connectivity index (χ3v) is 5.74. The van der Waals surface area contributed by atoms with Gasteiger partial charge in [-0.2, -0.15) is 4.98 Å². The van der Waals surface area contributed by atoms with Crippen LogP contribution in [0.2, 0.25) is 0 Å². The first-order valence-corrected chi connectivity index (χ1v) is 10.4. The van der Waals surface area contributed by atoms with E-state index in [2.05, 4.69) is 69.5 Å². The van der Waals surface area contributed by atoms with Gasteiger partial charge in [-0.05, 0) is 74.9 Å². The van der Waals surface area contributed by atoms with Crippen LogP contribution in [-0.2, 0) is 6.42 Å². The summed E-state index contributed by atoms with van der Waals surface area (Å²) in [4.78, 5) is 22.3. The Morgan fingerprint density at radius 2 is 1.67 bits per heavy atom. The van der Waals surface area contributed by atoms with Crippen molar-refractivity contribution >= 4 is 28.9 Å². The van der Waals surface area contributed by atoms with Crippen molar-refractivity contribution in [3.05, 3.63) is 69.9 Å². The standard InChI is InChI=1S/C25H28N4O/c1-14-6-9-20(18(5)10-14)27-24-23-21(11-15(2)12-22(23)30)28-25(29-24)26-19-8-7-16(3)17(4)13-19/h6-10,13,15H,11-12H2,1-5H3,(H2,26,27,28,29). The van der Waals surface area contributed by atoms with Crippen LogP contribution in [0, 0.1) is 33.6 Å². The molecular formula is C25H28N4O. The van der Waals surface area contributed by atoms with Crippen molar-refractivity contribution in [2.45, 2.75) is 47.5 Å². The predicted molar refractivity (Wildman–Crippen MR) is 122 cm³/mol. The smallest absolute Gasteiger partial charge is 0.229 e. The molecule has 0 spiro atoms. The summed E-state index contributed by atoms with van der Waals surface area (Å²) in [6, 6.07) is 12.4. The van der Waals surface area contributed by atoms with Gasteiger partial charge >= 0.3 is 0 Å². The molecule has 4 rings (SSSR count). The van der Waals surface area contributed by atoms with E-state index >= 15 is 0 Å². The topological polar surface area (TPSA) is 66.9 Å². The van der Waals surface area contributed by atoms with E-state index < -0.39 is 0 Å². The highest BCUT2D eigenvalue weighted by molar-refractivity contribution is 6.03. The Balaban J connectivity index is 1.76. The summed E-state index contributed by atoms with van der Waals surface area (Å²) in [5.74, 6) is 1.47. The van der Waals surface area contributed by atoms with Gasteiger partial charge in [-0.15, -0.1) is 0 Å². The minimum Gasteiger partial charge on any atom is -0.339 e. The fourth-order valence-electron chi connectivity index (χ4n) is 3.94. The molecule has 2 aromatic carbocycles. The molecule has 1 heterocycles. The summed E-state index contributed by atoms with van der Waals surface area (Å²) >= 11 is 0. The normalized spacial score (nSPS) is 15.6. The van der Waals surface area contributed by atoms with Crippen molar-refractivity contribution in [2.24, 2.45) is 5.92 Å². The molecular weight excluding hydrogens is 372 g/mol. The SMILES string of the molecule is Cc1ccc(Nc2nc(Nc3ccc(C)c(C)c3)nc3c2C(=O)CC(C)C3)c(C)c1. The van der Waals surface area contributed by atoms with Crippen molar-refractivity contribution in [1.82, 2.24) is 9.97 Å². The first-order chi connectivity index (χ1) is 14.3. The largest absolute Gasteiger partial charge is 0.339 e. The van der Waals surface area contributed by atoms with Crippen LogP contribution in [0.15, 0.2) is 36.4 Å². The molecule has 1 aliphatic carbocycles. The second-order valence-electron chi connectivity index (χ2n) is 8.52. The zero-order chi connectivity index (χ0) is 21.4. The number of carbonyl (C=O) groups excluding carboxylic acids is 1. The number of hydrogen-bond donors (Lipinski definition) is 2. The molecule has 1 atom stereocenters. The highest BCUT2D eigenvalue weighted by Gasteiger charge is 2.28. The number of Topliss-reactive ketones (excluding diaryl/α,β-unsaturated/α-hetero) is 1. The third kappa shape index (κ3) is 4.06. The molecule has 5 heteroatoms. The summed E-state index contributed by atoms with van der Waals surface area (Å²) in [7, 11) is 0. The van der Waals surface area contributed by atoms with Crippen molar-refractivity contribution < 1.29 is 4.79 Å². The Hall–Kier alpha value is -3.21. The van der Waals surface area contributed by atoms with Gasteiger partial charge in [0.2, 0.25) is 5.95 Å². The molecule has 0 radical (unpaired) electrons. The van der Waals surface area contributed by atoms with Gasteiger partial charge in [-0.25, -0.2) is 4.98 Å². The molecule has 0 bridgehead atoms. The monoisotopic (exact) mass is 400 g/mol. The van der Waals surface area contributed by atoms with Crippen LogP contribution >= 0.6 is 0 Å². The molecule has 1 aromatic heterocycles. The summed E-state index contributed by atoms with van der Waals surface area (Å²) < 4.78 is 0. The Bertz CT molecular complexity index is 1140. The number of ketones is 1. The second kappa shape index (κ2) is 7.90. The molecule has 3 aromatic rings. The van der Waals surface area contributed by atoms with E-state index in [0.29, 0.717) is 23.8 Å². The molecule has 30 heavy (non-hydrogen) atoms. The van der Waals surface area contributed by atoms with Gasteiger partial charge in [0, 0.05) is 17.8 Å². The van der Waals surface area contributed by atoms with E-state index in [9.17, 15) is 4.79 Å². The van der Waals surface area contributed by atoms with E-state index in [4.69, 9.17) is 9.97 Å². The van der Waals surface area contributed by atoms with Gasteiger partial charge in [0.15, 0.2) is 5.78 Å². The van der Waals surface area contributed by atoms with E-state index in [1.54, 1.807) is 0 Å². The number of benzene rings is 2. The van der Waals surface area contributed by atoms with Crippen molar-refractivity contribution in [3.8, 4) is 0 Å². The van der Waals surface area contributed by atoms with Gasteiger partial charge in [0.1, 0.15) is 5.82 Å². The number of aromatic nitrogens is 2. The van der Waals surface area contributed by atoms with Crippen LogP contribution in [0.3, 0.4) is 0 Å². The van der Waals surface area contributed by atoms with Gasteiger partial charge in [0.05, 0.1) is 11.3 Å². The lowest BCUT2D eigenvalue weighted by molar-refractivity contribution is 0.0953. The van der Waals surface area contributed by atoms with Crippen molar-refractivity contribution in [1.29, 1.82) is 0 Å². The average molecular weight is 401 g/mol. The van der Waals surface area contributed by atoms with Crippen LogP contribution in [0.1, 0.15) is 51.7 Å². The second-order valence-corrected chi connectivity index (χ2v) is 8.52. The number of anilines is 4. The summed E-state index contributed by atoms with van der Waals surface area (Å²) in [6.45, 7) is 10.4. The molecule has 0 fully saturated rings. The zero-order valence-electron chi connectivity index (χ0n) is 18.3. The molecule has 1 unspecified atom stereocenters. The molecule has 0 aliphatic heterocycles.